The molecule has 0 aromatic carbocycles. The van der Waals surface area contributed by atoms with Crippen LogP contribution in [0.1, 0.15) is 33.6 Å². The molecular formula is C11H24N2O. The van der Waals surface area contributed by atoms with Gasteiger partial charge in [-0.3, -0.25) is 4.90 Å². The Hall–Kier alpha value is -0.120. The third-order valence-corrected chi connectivity index (χ3v) is 3.44. The van der Waals surface area contributed by atoms with Gasteiger partial charge in [-0.05, 0) is 32.6 Å². The molecule has 0 aliphatic carbocycles. The second-order valence-corrected chi connectivity index (χ2v) is 4.71. The highest BCUT2D eigenvalue weighted by atomic mass is 16.3. The Morgan fingerprint density at radius 3 is 2.57 bits per heavy atom. The van der Waals surface area contributed by atoms with Crippen molar-refractivity contribution < 1.29 is 5.11 Å². The second-order valence-electron chi connectivity index (χ2n) is 4.71. The van der Waals surface area contributed by atoms with Crippen molar-refractivity contribution in [3.8, 4) is 0 Å². The van der Waals surface area contributed by atoms with E-state index >= 15 is 0 Å². The van der Waals surface area contributed by atoms with E-state index in [0.717, 1.165) is 25.9 Å². The van der Waals surface area contributed by atoms with Gasteiger partial charge in [0, 0.05) is 25.2 Å². The Balaban J connectivity index is 2.53. The molecule has 0 saturated carbocycles. The highest BCUT2D eigenvalue weighted by Gasteiger charge is 2.29. The van der Waals surface area contributed by atoms with E-state index in [2.05, 4.69) is 18.7 Å². The van der Waals surface area contributed by atoms with Crippen molar-refractivity contribution in [2.45, 2.75) is 51.8 Å². The Morgan fingerprint density at radius 1 is 1.43 bits per heavy atom. The fraction of sp³-hybridized carbons (Fsp3) is 1.00. The highest BCUT2D eigenvalue weighted by Crippen LogP contribution is 2.21. The molecule has 0 spiro atoms. The number of rotatable bonds is 3. The summed E-state index contributed by atoms with van der Waals surface area (Å²) in [6.45, 7) is 8.29. The normalized spacial score (nSPS) is 34.1. The van der Waals surface area contributed by atoms with Crippen LogP contribution in [0, 0.1) is 5.92 Å². The number of aliphatic hydroxyl groups excluding tert-OH is 1. The van der Waals surface area contributed by atoms with E-state index in [1.807, 2.05) is 6.92 Å². The zero-order valence-corrected chi connectivity index (χ0v) is 9.61. The summed E-state index contributed by atoms with van der Waals surface area (Å²) >= 11 is 0. The second kappa shape index (κ2) is 5.10. The van der Waals surface area contributed by atoms with Crippen molar-refractivity contribution in [1.82, 2.24) is 4.90 Å². The number of likely N-dealkylation sites (tertiary alicyclic amines) is 1. The van der Waals surface area contributed by atoms with Crippen LogP contribution in [0.2, 0.25) is 0 Å². The zero-order valence-electron chi connectivity index (χ0n) is 9.61. The van der Waals surface area contributed by atoms with Crippen molar-refractivity contribution >= 4 is 0 Å². The number of piperidine rings is 1. The molecule has 0 aromatic heterocycles. The third kappa shape index (κ3) is 2.94. The van der Waals surface area contributed by atoms with Gasteiger partial charge in [0.2, 0.25) is 0 Å². The molecule has 1 saturated heterocycles. The van der Waals surface area contributed by atoms with E-state index in [9.17, 15) is 5.11 Å². The Kier molecular flexibility index (Phi) is 4.35. The molecule has 0 radical (unpaired) electrons. The lowest BCUT2D eigenvalue weighted by Gasteiger charge is -2.40. The van der Waals surface area contributed by atoms with Gasteiger partial charge >= 0.3 is 0 Å². The van der Waals surface area contributed by atoms with Gasteiger partial charge < -0.3 is 10.8 Å². The lowest BCUT2D eigenvalue weighted by atomic mass is 9.89. The molecule has 0 amide bonds. The largest absolute Gasteiger partial charge is 0.393 e. The summed E-state index contributed by atoms with van der Waals surface area (Å²) in [5.41, 5.74) is 5.99. The van der Waals surface area contributed by atoms with Gasteiger partial charge in [-0.1, -0.05) is 6.92 Å². The number of hydrogen-bond donors (Lipinski definition) is 2. The topological polar surface area (TPSA) is 49.5 Å². The van der Waals surface area contributed by atoms with E-state index in [1.165, 1.54) is 0 Å². The molecule has 4 unspecified atom stereocenters. The molecule has 1 aliphatic rings. The van der Waals surface area contributed by atoms with Gasteiger partial charge in [-0.15, -0.1) is 0 Å². The van der Waals surface area contributed by atoms with Gasteiger partial charge in [0.05, 0.1) is 6.10 Å². The van der Waals surface area contributed by atoms with E-state index in [4.69, 9.17) is 5.73 Å². The van der Waals surface area contributed by atoms with Crippen LogP contribution in [-0.2, 0) is 0 Å². The van der Waals surface area contributed by atoms with Crippen LogP contribution in [0.25, 0.3) is 0 Å². The highest BCUT2D eigenvalue weighted by molar-refractivity contribution is 4.85. The van der Waals surface area contributed by atoms with Gasteiger partial charge in [0.25, 0.3) is 0 Å². The first kappa shape index (κ1) is 12.0. The minimum absolute atomic E-state index is 0.229. The summed E-state index contributed by atoms with van der Waals surface area (Å²) in [5, 5.41) is 9.58. The van der Waals surface area contributed by atoms with E-state index < -0.39 is 0 Å². The van der Waals surface area contributed by atoms with Crippen LogP contribution in [0.15, 0.2) is 0 Å². The number of aliphatic hydroxyl groups is 1. The van der Waals surface area contributed by atoms with Crippen LogP contribution in [0.3, 0.4) is 0 Å². The summed E-state index contributed by atoms with van der Waals surface area (Å²) in [6, 6.07) is 0.819. The summed E-state index contributed by atoms with van der Waals surface area (Å²) in [6.07, 6.45) is 1.89. The van der Waals surface area contributed by atoms with E-state index in [1.54, 1.807) is 0 Å². The minimum atomic E-state index is -0.229. The maximum Gasteiger partial charge on any atom is 0.0553 e. The van der Waals surface area contributed by atoms with Crippen LogP contribution in [0.4, 0.5) is 0 Å². The van der Waals surface area contributed by atoms with Crippen molar-refractivity contribution in [3.63, 3.8) is 0 Å². The predicted octanol–water partition coefficient (Wildman–Crippen LogP) is 0.815. The summed E-state index contributed by atoms with van der Waals surface area (Å²) in [4.78, 5) is 2.41. The molecule has 1 heterocycles. The molecule has 3 heteroatoms. The molecule has 3 nitrogen and oxygen atoms in total. The van der Waals surface area contributed by atoms with E-state index in [-0.39, 0.29) is 12.1 Å². The molecule has 84 valence electrons. The van der Waals surface area contributed by atoms with Crippen LogP contribution in [0.5, 0.6) is 0 Å². The van der Waals surface area contributed by atoms with Crippen LogP contribution < -0.4 is 5.73 Å². The number of nitrogens with zero attached hydrogens (tertiary/aromatic N) is 1. The lowest BCUT2D eigenvalue weighted by molar-refractivity contribution is 0.0383. The van der Waals surface area contributed by atoms with Crippen molar-refractivity contribution in [1.29, 1.82) is 0 Å². The first-order valence-corrected chi connectivity index (χ1v) is 5.72. The molecule has 3 N–H and O–H groups in total. The first-order valence-electron chi connectivity index (χ1n) is 5.72. The average molecular weight is 200 g/mol. The Morgan fingerprint density at radius 2 is 2.07 bits per heavy atom. The van der Waals surface area contributed by atoms with Crippen molar-refractivity contribution in [3.05, 3.63) is 0 Å². The summed E-state index contributed by atoms with van der Waals surface area (Å²) in [5.74, 6) is 0.354. The van der Waals surface area contributed by atoms with Crippen molar-refractivity contribution in [2.24, 2.45) is 11.7 Å². The number of nitrogens with two attached hydrogens (primary N) is 1. The molecule has 0 bridgehead atoms. The van der Waals surface area contributed by atoms with Crippen LogP contribution >= 0.6 is 0 Å². The third-order valence-electron chi connectivity index (χ3n) is 3.44. The minimum Gasteiger partial charge on any atom is -0.393 e. The van der Waals surface area contributed by atoms with Gasteiger partial charge in [0.1, 0.15) is 0 Å². The van der Waals surface area contributed by atoms with Gasteiger partial charge in [-0.2, -0.15) is 0 Å². The molecule has 14 heavy (non-hydrogen) atoms. The molecule has 1 aliphatic heterocycles. The van der Waals surface area contributed by atoms with E-state index in [0.29, 0.717) is 12.0 Å². The number of hydrogen-bond acceptors (Lipinski definition) is 3. The SMILES string of the molecule is CCC(C)N1CC(N)CC(C(C)O)C1. The molecular weight excluding hydrogens is 176 g/mol. The van der Waals surface area contributed by atoms with Crippen LogP contribution in [-0.4, -0.2) is 41.3 Å². The quantitative estimate of drug-likeness (QED) is 0.709. The summed E-state index contributed by atoms with van der Waals surface area (Å²) < 4.78 is 0. The van der Waals surface area contributed by atoms with Gasteiger partial charge in [0.15, 0.2) is 0 Å². The monoisotopic (exact) mass is 200 g/mol. The van der Waals surface area contributed by atoms with Gasteiger partial charge in [-0.25, -0.2) is 0 Å². The zero-order chi connectivity index (χ0) is 10.7. The fourth-order valence-corrected chi connectivity index (χ4v) is 2.18. The molecule has 4 atom stereocenters. The maximum absolute atomic E-state index is 9.58. The maximum atomic E-state index is 9.58. The lowest BCUT2D eigenvalue weighted by Crippen LogP contribution is -2.52. The smallest absolute Gasteiger partial charge is 0.0553 e. The fourth-order valence-electron chi connectivity index (χ4n) is 2.18. The Labute approximate surface area is 87.3 Å². The molecule has 1 fully saturated rings. The first-order chi connectivity index (χ1) is 6.54. The average Bonchev–Trinajstić information content (AvgIpc) is 2.15. The molecule has 1 rings (SSSR count). The predicted molar refractivity (Wildman–Crippen MR) is 59.1 cm³/mol. The summed E-state index contributed by atoms with van der Waals surface area (Å²) in [7, 11) is 0. The molecule has 0 aromatic rings. The Bertz CT molecular complexity index is 173. The van der Waals surface area contributed by atoms with Crippen molar-refractivity contribution in [2.75, 3.05) is 13.1 Å². The standard InChI is InChI=1S/C11H24N2O/c1-4-8(2)13-6-10(9(3)14)5-11(12)7-13/h8-11,14H,4-7,12H2,1-3H3.